The van der Waals surface area contributed by atoms with Crippen molar-refractivity contribution in [3.05, 3.63) is 23.8 Å². The predicted octanol–water partition coefficient (Wildman–Crippen LogP) is 0.625. The zero-order valence-corrected chi connectivity index (χ0v) is 13.5. The first-order valence-corrected chi connectivity index (χ1v) is 7.92. The van der Waals surface area contributed by atoms with E-state index in [0.717, 1.165) is 5.56 Å². The van der Waals surface area contributed by atoms with Gasteiger partial charge in [0.1, 0.15) is 0 Å². The van der Waals surface area contributed by atoms with Gasteiger partial charge >= 0.3 is 0 Å². The number of carboxylic acids is 1. The molecule has 0 aliphatic carbocycles. The summed E-state index contributed by atoms with van der Waals surface area (Å²) < 4.78 is 11.1. The lowest BCUT2D eigenvalue weighted by Crippen LogP contribution is -2.34. The first-order chi connectivity index (χ1) is 11.0. The maximum atomic E-state index is 11.8. The molecule has 1 aliphatic rings. The second-order valence-electron chi connectivity index (χ2n) is 5.46. The van der Waals surface area contributed by atoms with Crippen molar-refractivity contribution in [3.8, 4) is 11.5 Å². The molecule has 1 fully saturated rings. The molecule has 0 radical (unpaired) electrons. The number of ether oxygens (including phenoxy) is 2. The smallest absolute Gasteiger partial charge is 0.223 e. The Labute approximate surface area is 136 Å². The molecule has 126 valence electrons. The van der Waals surface area contributed by atoms with Crippen LogP contribution in [0, 0.1) is 5.92 Å². The van der Waals surface area contributed by atoms with Crippen molar-refractivity contribution in [1.82, 2.24) is 4.90 Å². The van der Waals surface area contributed by atoms with Gasteiger partial charge in [-0.25, -0.2) is 0 Å². The number of carbonyl (C=O) groups excluding carboxylic acids is 2. The van der Waals surface area contributed by atoms with Crippen LogP contribution in [0.2, 0.25) is 0 Å². The van der Waals surface area contributed by atoms with Gasteiger partial charge in [0.25, 0.3) is 0 Å². The molecule has 23 heavy (non-hydrogen) atoms. The fraction of sp³-hybridized carbons (Fsp3) is 0.529. The van der Waals surface area contributed by atoms with E-state index in [1.807, 2.05) is 32.0 Å². The molecule has 1 aromatic carbocycles. The van der Waals surface area contributed by atoms with Crippen LogP contribution in [0.1, 0.15) is 25.8 Å². The molecule has 1 aromatic rings. The molecule has 2 rings (SSSR count). The van der Waals surface area contributed by atoms with Gasteiger partial charge in [0.05, 0.1) is 13.2 Å². The van der Waals surface area contributed by atoms with E-state index in [4.69, 9.17) is 9.47 Å². The van der Waals surface area contributed by atoms with E-state index < -0.39 is 11.9 Å². The Morgan fingerprint density at radius 1 is 1.26 bits per heavy atom. The third-order valence-corrected chi connectivity index (χ3v) is 3.83. The van der Waals surface area contributed by atoms with Crippen LogP contribution >= 0.6 is 0 Å². The summed E-state index contributed by atoms with van der Waals surface area (Å²) in [5, 5.41) is 10.9. The Morgan fingerprint density at radius 2 is 1.96 bits per heavy atom. The third kappa shape index (κ3) is 4.37. The molecule has 1 atom stereocenters. The lowest BCUT2D eigenvalue weighted by Gasteiger charge is -2.18. The fourth-order valence-corrected chi connectivity index (χ4v) is 2.66. The number of carbonyl (C=O) groups is 2. The highest BCUT2D eigenvalue weighted by atomic mass is 16.5. The van der Waals surface area contributed by atoms with Crippen LogP contribution in [0.4, 0.5) is 0 Å². The van der Waals surface area contributed by atoms with E-state index in [2.05, 4.69) is 0 Å². The standard InChI is InChI=1S/C17H23NO5/c1-3-22-14-6-5-12(9-15(14)23-4-2)7-8-18-11-13(17(20)21)10-16(18)19/h5-6,9,13H,3-4,7-8,10-11H2,1-2H3,(H,20,21)/p-1/t13-/m0/s1. The van der Waals surface area contributed by atoms with Crippen LogP contribution in [0.3, 0.4) is 0 Å². The molecule has 1 amide bonds. The largest absolute Gasteiger partial charge is 0.550 e. The summed E-state index contributed by atoms with van der Waals surface area (Å²) in [7, 11) is 0. The van der Waals surface area contributed by atoms with E-state index >= 15 is 0 Å². The van der Waals surface area contributed by atoms with Crippen molar-refractivity contribution in [1.29, 1.82) is 0 Å². The maximum Gasteiger partial charge on any atom is 0.223 e. The minimum atomic E-state index is -1.15. The number of likely N-dealkylation sites (tertiary alicyclic amines) is 1. The minimum Gasteiger partial charge on any atom is -0.550 e. The number of amides is 1. The Balaban J connectivity index is 1.99. The van der Waals surface area contributed by atoms with Crippen LogP contribution in [0.15, 0.2) is 18.2 Å². The van der Waals surface area contributed by atoms with Crippen LogP contribution in [-0.4, -0.2) is 43.1 Å². The predicted molar refractivity (Wildman–Crippen MR) is 82.2 cm³/mol. The summed E-state index contributed by atoms with van der Waals surface area (Å²) in [5.41, 5.74) is 1.02. The molecule has 1 aliphatic heterocycles. The molecule has 0 spiro atoms. The molecule has 1 saturated heterocycles. The summed E-state index contributed by atoms with van der Waals surface area (Å²) in [6.07, 6.45) is 0.674. The summed E-state index contributed by atoms with van der Waals surface area (Å²) in [6.45, 7) is 5.65. The molecule has 1 heterocycles. The van der Waals surface area contributed by atoms with E-state index in [1.165, 1.54) is 0 Å². The zero-order chi connectivity index (χ0) is 16.8. The monoisotopic (exact) mass is 320 g/mol. The average molecular weight is 320 g/mol. The summed E-state index contributed by atoms with van der Waals surface area (Å²) in [4.78, 5) is 24.3. The van der Waals surface area contributed by atoms with Gasteiger partial charge in [-0.2, -0.15) is 0 Å². The molecule has 0 N–H and O–H groups in total. The molecular weight excluding hydrogens is 298 g/mol. The molecule has 0 aromatic heterocycles. The normalized spacial score (nSPS) is 17.4. The summed E-state index contributed by atoms with van der Waals surface area (Å²) >= 11 is 0. The van der Waals surface area contributed by atoms with E-state index in [1.54, 1.807) is 4.90 Å². The first kappa shape index (κ1) is 17.1. The van der Waals surface area contributed by atoms with Gasteiger partial charge in [-0.1, -0.05) is 6.07 Å². The number of rotatable bonds is 8. The Bertz CT molecular complexity index is 572. The number of hydrogen-bond acceptors (Lipinski definition) is 5. The molecular formula is C17H22NO5-. The van der Waals surface area contributed by atoms with Crippen molar-refractivity contribution in [3.63, 3.8) is 0 Å². The number of carboxylic acid groups (broad SMARTS) is 1. The van der Waals surface area contributed by atoms with Crippen molar-refractivity contribution in [2.45, 2.75) is 26.7 Å². The SMILES string of the molecule is CCOc1ccc(CCN2C[C@@H](C(=O)[O-])CC2=O)cc1OCC. The maximum absolute atomic E-state index is 11.8. The number of nitrogens with zero attached hydrogens (tertiary/aromatic N) is 1. The Hall–Kier alpha value is -2.24. The van der Waals surface area contributed by atoms with E-state index in [-0.39, 0.29) is 18.9 Å². The van der Waals surface area contributed by atoms with Crippen molar-refractivity contribution < 1.29 is 24.2 Å². The van der Waals surface area contributed by atoms with Crippen LogP contribution in [0.25, 0.3) is 0 Å². The van der Waals surface area contributed by atoms with Crippen molar-refractivity contribution in [2.75, 3.05) is 26.3 Å². The topological polar surface area (TPSA) is 78.9 Å². The second-order valence-corrected chi connectivity index (χ2v) is 5.46. The highest BCUT2D eigenvalue weighted by Crippen LogP contribution is 2.29. The Kier molecular flexibility index (Phi) is 5.84. The molecule has 0 unspecified atom stereocenters. The third-order valence-electron chi connectivity index (χ3n) is 3.83. The van der Waals surface area contributed by atoms with Gasteiger partial charge in [-0.15, -0.1) is 0 Å². The van der Waals surface area contributed by atoms with E-state index in [0.29, 0.717) is 37.7 Å². The lowest BCUT2D eigenvalue weighted by molar-refractivity contribution is -0.311. The van der Waals surface area contributed by atoms with Gasteiger partial charge < -0.3 is 24.3 Å². The van der Waals surface area contributed by atoms with Gasteiger partial charge in [0, 0.05) is 31.4 Å². The highest BCUT2D eigenvalue weighted by Gasteiger charge is 2.29. The van der Waals surface area contributed by atoms with E-state index in [9.17, 15) is 14.7 Å². The quantitative estimate of drug-likeness (QED) is 0.702. The summed E-state index contributed by atoms with van der Waals surface area (Å²) in [6, 6.07) is 5.70. The lowest BCUT2D eigenvalue weighted by atomic mass is 10.1. The van der Waals surface area contributed by atoms with Gasteiger partial charge in [-0.05, 0) is 38.0 Å². The van der Waals surface area contributed by atoms with Crippen LogP contribution < -0.4 is 14.6 Å². The Morgan fingerprint density at radius 3 is 2.57 bits per heavy atom. The molecule has 6 heteroatoms. The fourth-order valence-electron chi connectivity index (χ4n) is 2.66. The number of benzene rings is 1. The molecule has 0 saturated carbocycles. The molecule has 6 nitrogen and oxygen atoms in total. The first-order valence-electron chi connectivity index (χ1n) is 7.92. The van der Waals surface area contributed by atoms with Gasteiger partial charge in [-0.3, -0.25) is 4.79 Å². The van der Waals surface area contributed by atoms with Crippen LogP contribution in [0.5, 0.6) is 11.5 Å². The highest BCUT2D eigenvalue weighted by molar-refractivity contribution is 5.85. The number of aliphatic carboxylic acids is 1. The zero-order valence-electron chi connectivity index (χ0n) is 13.5. The molecule has 0 bridgehead atoms. The number of hydrogen-bond donors (Lipinski definition) is 0. The van der Waals surface area contributed by atoms with Crippen LogP contribution in [-0.2, 0) is 16.0 Å². The van der Waals surface area contributed by atoms with Crippen molar-refractivity contribution in [2.24, 2.45) is 5.92 Å². The minimum absolute atomic E-state index is 0.0375. The van der Waals surface area contributed by atoms with Gasteiger partial charge in [0.2, 0.25) is 5.91 Å². The van der Waals surface area contributed by atoms with Gasteiger partial charge in [0.15, 0.2) is 11.5 Å². The second kappa shape index (κ2) is 7.85. The summed E-state index contributed by atoms with van der Waals surface area (Å²) in [5.74, 6) is -0.586. The van der Waals surface area contributed by atoms with Crippen molar-refractivity contribution >= 4 is 11.9 Å². The average Bonchev–Trinajstić information content (AvgIpc) is 2.89.